The van der Waals surface area contributed by atoms with Gasteiger partial charge >= 0.3 is 5.97 Å². The Morgan fingerprint density at radius 1 is 1.38 bits per heavy atom. The molecule has 1 aromatic rings. The fraction of sp³-hybridized carbons (Fsp3) is 0.467. The van der Waals surface area contributed by atoms with Gasteiger partial charge < -0.3 is 14.7 Å². The number of carboxylic acid groups (broad SMARTS) is 1. The number of aryl methyl sites for hydroxylation is 1. The molecule has 114 valence electrons. The van der Waals surface area contributed by atoms with E-state index in [1.165, 1.54) is 0 Å². The Hall–Kier alpha value is -1.59. The molecule has 0 radical (unpaired) electrons. The molecule has 1 N–H and O–H groups in total. The monoisotopic (exact) mass is 311 g/mol. The summed E-state index contributed by atoms with van der Waals surface area (Å²) in [6.45, 7) is 2.73. The first-order valence-electron chi connectivity index (χ1n) is 6.86. The highest BCUT2D eigenvalue weighted by Gasteiger charge is 2.25. The molecule has 1 aromatic carbocycles. The van der Waals surface area contributed by atoms with Gasteiger partial charge in [-0.25, -0.2) is 4.79 Å². The number of amides is 1. The lowest BCUT2D eigenvalue weighted by molar-refractivity contribution is -0.145. The number of nitrogens with zero attached hydrogens (tertiary/aromatic N) is 1. The van der Waals surface area contributed by atoms with E-state index in [4.69, 9.17) is 21.4 Å². The summed E-state index contributed by atoms with van der Waals surface area (Å²) in [6, 6.07) is 5.23. The van der Waals surface area contributed by atoms with Gasteiger partial charge in [0.15, 0.2) is 0 Å². The van der Waals surface area contributed by atoms with E-state index in [-0.39, 0.29) is 18.6 Å². The second-order valence-electron chi connectivity index (χ2n) is 5.16. The van der Waals surface area contributed by atoms with E-state index in [0.717, 1.165) is 5.56 Å². The molecule has 1 heterocycles. The van der Waals surface area contributed by atoms with Crippen molar-refractivity contribution in [3.05, 3.63) is 34.3 Å². The summed E-state index contributed by atoms with van der Waals surface area (Å²) >= 11 is 5.90. The Kier molecular flexibility index (Phi) is 5.20. The maximum absolute atomic E-state index is 12.5. The van der Waals surface area contributed by atoms with Crippen molar-refractivity contribution in [2.45, 2.75) is 25.9 Å². The number of carboxylic acids is 1. The number of benzene rings is 1. The molecule has 1 fully saturated rings. The third-order valence-corrected chi connectivity index (χ3v) is 3.83. The van der Waals surface area contributed by atoms with Gasteiger partial charge in [-0.3, -0.25) is 4.79 Å². The molecule has 0 atom stereocenters. The average Bonchev–Trinajstić information content (AvgIpc) is 2.45. The zero-order valence-electron chi connectivity index (χ0n) is 11.8. The van der Waals surface area contributed by atoms with Gasteiger partial charge in [0, 0.05) is 23.7 Å². The van der Waals surface area contributed by atoms with Crippen LogP contribution < -0.4 is 0 Å². The number of ether oxygens (including phenoxy) is 1. The lowest BCUT2D eigenvalue weighted by Gasteiger charge is -2.32. The van der Waals surface area contributed by atoms with Crippen LogP contribution in [0.4, 0.5) is 0 Å². The molecule has 1 aliphatic heterocycles. The Labute approximate surface area is 128 Å². The molecular formula is C15H18ClNO4. The van der Waals surface area contributed by atoms with Crippen molar-refractivity contribution >= 4 is 23.5 Å². The van der Waals surface area contributed by atoms with Crippen LogP contribution in [0.25, 0.3) is 0 Å². The van der Waals surface area contributed by atoms with Crippen LogP contribution in [-0.2, 0) is 9.53 Å². The third kappa shape index (κ3) is 4.19. The largest absolute Gasteiger partial charge is 0.480 e. The Bertz CT molecular complexity index is 538. The number of rotatable bonds is 4. The molecule has 2 rings (SSSR count). The first kappa shape index (κ1) is 15.8. The molecule has 6 heteroatoms. The molecule has 1 amide bonds. The summed E-state index contributed by atoms with van der Waals surface area (Å²) < 4.78 is 5.26. The van der Waals surface area contributed by atoms with Crippen LogP contribution in [0.3, 0.4) is 0 Å². The van der Waals surface area contributed by atoms with Gasteiger partial charge in [-0.05, 0) is 43.5 Å². The van der Waals surface area contributed by atoms with Crippen LogP contribution in [0.5, 0.6) is 0 Å². The van der Waals surface area contributed by atoms with Crippen molar-refractivity contribution in [3.8, 4) is 0 Å². The second kappa shape index (κ2) is 6.91. The van der Waals surface area contributed by atoms with Gasteiger partial charge in [0.1, 0.15) is 6.61 Å². The Morgan fingerprint density at radius 3 is 2.62 bits per heavy atom. The van der Waals surface area contributed by atoms with Crippen LogP contribution in [0.2, 0.25) is 5.02 Å². The summed E-state index contributed by atoms with van der Waals surface area (Å²) in [4.78, 5) is 24.7. The summed E-state index contributed by atoms with van der Waals surface area (Å²) in [7, 11) is 0. The maximum Gasteiger partial charge on any atom is 0.329 e. The molecule has 1 saturated heterocycles. The lowest BCUT2D eigenvalue weighted by Crippen LogP contribution is -2.41. The number of carbonyl (C=O) groups excluding carboxylic acids is 1. The van der Waals surface area contributed by atoms with E-state index in [9.17, 15) is 9.59 Å². The average molecular weight is 312 g/mol. The fourth-order valence-electron chi connectivity index (χ4n) is 2.45. The maximum atomic E-state index is 12.5. The zero-order chi connectivity index (χ0) is 15.4. The van der Waals surface area contributed by atoms with E-state index < -0.39 is 5.97 Å². The number of halogens is 1. The summed E-state index contributed by atoms with van der Waals surface area (Å²) in [5.74, 6) is -0.980. The highest BCUT2D eigenvalue weighted by molar-refractivity contribution is 6.30. The van der Waals surface area contributed by atoms with E-state index in [0.29, 0.717) is 36.5 Å². The van der Waals surface area contributed by atoms with Gasteiger partial charge in [0.05, 0.1) is 6.10 Å². The van der Waals surface area contributed by atoms with Crippen molar-refractivity contribution < 1.29 is 19.4 Å². The first-order valence-corrected chi connectivity index (χ1v) is 7.24. The molecule has 1 aliphatic rings. The van der Waals surface area contributed by atoms with Crippen molar-refractivity contribution in [1.82, 2.24) is 4.90 Å². The minimum atomic E-state index is -0.967. The number of piperidine rings is 1. The first-order chi connectivity index (χ1) is 9.97. The van der Waals surface area contributed by atoms with Crippen molar-refractivity contribution in [2.24, 2.45) is 0 Å². The quantitative estimate of drug-likeness (QED) is 0.927. The van der Waals surface area contributed by atoms with Crippen LogP contribution in [-0.4, -0.2) is 47.7 Å². The number of hydrogen-bond acceptors (Lipinski definition) is 3. The normalized spacial score (nSPS) is 16.0. The number of hydrogen-bond donors (Lipinski definition) is 1. The number of likely N-dealkylation sites (tertiary alicyclic amines) is 1. The molecular weight excluding hydrogens is 294 g/mol. The molecule has 0 saturated carbocycles. The fourth-order valence-corrected chi connectivity index (χ4v) is 2.68. The highest BCUT2D eigenvalue weighted by Crippen LogP contribution is 2.20. The molecule has 5 nitrogen and oxygen atoms in total. The smallest absolute Gasteiger partial charge is 0.329 e. The van der Waals surface area contributed by atoms with Gasteiger partial charge in [-0.1, -0.05) is 11.6 Å². The van der Waals surface area contributed by atoms with Crippen LogP contribution in [0, 0.1) is 6.92 Å². The number of carbonyl (C=O) groups is 2. The minimum absolute atomic E-state index is 0.0131. The van der Waals surface area contributed by atoms with Crippen molar-refractivity contribution in [1.29, 1.82) is 0 Å². The van der Waals surface area contributed by atoms with Crippen molar-refractivity contribution in [3.63, 3.8) is 0 Å². The summed E-state index contributed by atoms with van der Waals surface area (Å²) in [5.41, 5.74) is 1.51. The predicted octanol–water partition coefficient (Wildman–Crippen LogP) is 2.35. The predicted molar refractivity (Wildman–Crippen MR) is 78.7 cm³/mol. The third-order valence-electron chi connectivity index (χ3n) is 3.59. The summed E-state index contributed by atoms with van der Waals surface area (Å²) in [6.07, 6.45) is 1.23. The van der Waals surface area contributed by atoms with Crippen LogP contribution in [0.1, 0.15) is 28.8 Å². The molecule has 0 spiro atoms. The minimum Gasteiger partial charge on any atom is -0.480 e. The van der Waals surface area contributed by atoms with E-state index >= 15 is 0 Å². The van der Waals surface area contributed by atoms with Crippen molar-refractivity contribution in [2.75, 3.05) is 19.7 Å². The molecule has 21 heavy (non-hydrogen) atoms. The standard InChI is InChI=1S/C15H18ClNO4/c1-10-8-11(16)2-3-13(10)15(20)17-6-4-12(5-7-17)21-9-14(18)19/h2-3,8,12H,4-7,9H2,1H3,(H,18,19). The SMILES string of the molecule is Cc1cc(Cl)ccc1C(=O)N1CCC(OCC(=O)O)CC1. The molecule has 0 aliphatic carbocycles. The van der Waals surface area contributed by atoms with Crippen LogP contribution in [0.15, 0.2) is 18.2 Å². The Morgan fingerprint density at radius 2 is 2.05 bits per heavy atom. The van der Waals surface area contributed by atoms with E-state index in [2.05, 4.69) is 0 Å². The van der Waals surface area contributed by atoms with Gasteiger partial charge in [-0.15, -0.1) is 0 Å². The topological polar surface area (TPSA) is 66.8 Å². The Balaban J connectivity index is 1.92. The lowest BCUT2D eigenvalue weighted by atomic mass is 10.0. The second-order valence-corrected chi connectivity index (χ2v) is 5.59. The summed E-state index contributed by atoms with van der Waals surface area (Å²) in [5, 5.41) is 9.20. The highest BCUT2D eigenvalue weighted by atomic mass is 35.5. The number of aliphatic carboxylic acids is 1. The van der Waals surface area contributed by atoms with Gasteiger partial charge in [-0.2, -0.15) is 0 Å². The van der Waals surface area contributed by atoms with E-state index in [1.807, 2.05) is 6.92 Å². The van der Waals surface area contributed by atoms with Gasteiger partial charge in [0.2, 0.25) is 0 Å². The molecule has 0 aromatic heterocycles. The molecule has 0 bridgehead atoms. The van der Waals surface area contributed by atoms with Crippen LogP contribution >= 0.6 is 11.6 Å². The molecule has 0 unspecified atom stereocenters. The van der Waals surface area contributed by atoms with E-state index in [1.54, 1.807) is 23.1 Å². The zero-order valence-corrected chi connectivity index (χ0v) is 12.6. The van der Waals surface area contributed by atoms with Gasteiger partial charge in [0.25, 0.3) is 5.91 Å².